The van der Waals surface area contributed by atoms with E-state index in [9.17, 15) is 9.59 Å². The van der Waals surface area contributed by atoms with Crippen molar-refractivity contribution in [2.45, 2.75) is 52.5 Å². The molecule has 114 valence electrons. The van der Waals surface area contributed by atoms with Crippen LogP contribution in [0.4, 0.5) is 4.79 Å². The fourth-order valence-corrected chi connectivity index (χ4v) is 3.56. The fraction of sp³-hybridized carbons (Fsp3) is 0.867. The molecule has 2 aliphatic rings. The molecule has 2 fully saturated rings. The summed E-state index contributed by atoms with van der Waals surface area (Å²) in [5.41, 5.74) is 0.364. The van der Waals surface area contributed by atoms with Gasteiger partial charge in [0.2, 0.25) is 0 Å². The number of carbonyl (C=O) groups excluding carboxylic acids is 1. The summed E-state index contributed by atoms with van der Waals surface area (Å²) in [5.74, 6) is -0.725. The van der Waals surface area contributed by atoms with Gasteiger partial charge in [0, 0.05) is 19.1 Å². The first-order chi connectivity index (χ1) is 9.28. The third-order valence-corrected chi connectivity index (χ3v) is 4.83. The Kier molecular flexibility index (Phi) is 4.25. The second kappa shape index (κ2) is 5.62. The molecule has 2 rings (SSSR count). The summed E-state index contributed by atoms with van der Waals surface area (Å²) in [7, 11) is 0. The molecule has 3 atom stereocenters. The van der Waals surface area contributed by atoms with Crippen LogP contribution in [-0.2, 0) is 4.79 Å². The van der Waals surface area contributed by atoms with Gasteiger partial charge in [0.25, 0.3) is 0 Å². The molecule has 1 aliphatic carbocycles. The molecule has 1 saturated heterocycles. The van der Waals surface area contributed by atoms with Gasteiger partial charge in [-0.2, -0.15) is 0 Å². The third-order valence-electron chi connectivity index (χ3n) is 4.83. The van der Waals surface area contributed by atoms with E-state index in [1.807, 2.05) is 0 Å². The molecule has 1 aliphatic heterocycles. The maximum absolute atomic E-state index is 12.2. The summed E-state index contributed by atoms with van der Waals surface area (Å²) >= 11 is 0. The van der Waals surface area contributed by atoms with E-state index in [1.54, 1.807) is 4.90 Å². The lowest BCUT2D eigenvalue weighted by molar-refractivity contribution is -0.141. The van der Waals surface area contributed by atoms with E-state index >= 15 is 0 Å². The first kappa shape index (κ1) is 15.1. The molecular formula is C15H26N2O3. The molecule has 2 N–H and O–H groups in total. The van der Waals surface area contributed by atoms with Crippen LogP contribution in [0.5, 0.6) is 0 Å². The number of urea groups is 1. The highest BCUT2D eigenvalue weighted by atomic mass is 16.4. The lowest BCUT2D eigenvalue weighted by atomic mass is 9.70. The SMILES string of the molecule is CC1CC(C)(C)CCC1NC(=O)N1CCC(C(=O)O)C1. The van der Waals surface area contributed by atoms with E-state index in [2.05, 4.69) is 26.1 Å². The van der Waals surface area contributed by atoms with Crippen molar-refractivity contribution >= 4 is 12.0 Å². The van der Waals surface area contributed by atoms with Crippen molar-refractivity contribution < 1.29 is 14.7 Å². The van der Waals surface area contributed by atoms with Crippen molar-refractivity contribution in [1.29, 1.82) is 0 Å². The molecule has 5 heteroatoms. The molecule has 0 aromatic heterocycles. The van der Waals surface area contributed by atoms with Gasteiger partial charge in [0.05, 0.1) is 5.92 Å². The zero-order valence-corrected chi connectivity index (χ0v) is 12.7. The van der Waals surface area contributed by atoms with E-state index in [-0.39, 0.29) is 12.1 Å². The van der Waals surface area contributed by atoms with Crippen LogP contribution >= 0.6 is 0 Å². The van der Waals surface area contributed by atoms with Crippen molar-refractivity contribution in [3.8, 4) is 0 Å². The molecule has 0 spiro atoms. The van der Waals surface area contributed by atoms with Gasteiger partial charge in [-0.15, -0.1) is 0 Å². The monoisotopic (exact) mass is 282 g/mol. The molecule has 5 nitrogen and oxygen atoms in total. The van der Waals surface area contributed by atoms with Crippen molar-refractivity contribution in [2.75, 3.05) is 13.1 Å². The zero-order valence-electron chi connectivity index (χ0n) is 12.7. The standard InChI is InChI=1S/C15H26N2O3/c1-10-8-15(2,3)6-4-12(10)16-14(20)17-7-5-11(9-17)13(18)19/h10-12H,4-9H2,1-3H3,(H,16,20)(H,18,19). The second-order valence-corrected chi connectivity index (χ2v) is 7.21. The topological polar surface area (TPSA) is 69.6 Å². The van der Waals surface area contributed by atoms with Gasteiger partial charge in [-0.1, -0.05) is 20.8 Å². The number of nitrogens with zero attached hydrogens (tertiary/aromatic N) is 1. The van der Waals surface area contributed by atoms with E-state index < -0.39 is 11.9 Å². The molecule has 0 bridgehead atoms. The molecular weight excluding hydrogens is 256 g/mol. The molecule has 0 aromatic rings. The Morgan fingerprint density at radius 2 is 2.00 bits per heavy atom. The number of carbonyl (C=O) groups is 2. The molecule has 0 aromatic carbocycles. The quantitative estimate of drug-likeness (QED) is 0.816. The zero-order chi connectivity index (χ0) is 14.9. The maximum Gasteiger partial charge on any atom is 0.317 e. The van der Waals surface area contributed by atoms with Crippen LogP contribution in [0.15, 0.2) is 0 Å². The molecule has 1 saturated carbocycles. The Morgan fingerprint density at radius 3 is 2.55 bits per heavy atom. The van der Waals surface area contributed by atoms with Crippen molar-refractivity contribution in [3.63, 3.8) is 0 Å². The summed E-state index contributed by atoms with van der Waals surface area (Å²) in [5, 5.41) is 12.1. The summed E-state index contributed by atoms with van der Waals surface area (Å²) in [4.78, 5) is 24.8. The Morgan fingerprint density at radius 1 is 1.30 bits per heavy atom. The van der Waals surface area contributed by atoms with Crippen LogP contribution in [0.2, 0.25) is 0 Å². The number of aliphatic carboxylic acids is 1. The van der Waals surface area contributed by atoms with Crippen LogP contribution in [0.25, 0.3) is 0 Å². The smallest absolute Gasteiger partial charge is 0.317 e. The minimum absolute atomic E-state index is 0.0923. The van der Waals surface area contributed by atoms with Gasteiger partial charge in [-0.3, -0.25) is 4.79 Å². The van der Waals surface area contributed by atoms with Gasteiger partial charge < -0.3 is 15.3 Å². The van der Waals surface area contributed by atoms with E-state index in [0.29, 0.717) is 30.8 Å². The Bertz CT molecular complexity index is 395. The van der Waals surface area contributed by atoms with Gasteiger partial charge in [-0.25, -0.2) is 4.79 Å². The number of hydrogen-bond acceptors (Lipinski definition) is 2. The van der Waals surface area contributed by atoms with Gasteiger partial charge in [0.15, 0.2) is 0 Å². The van der Waals surface area contributed by atoms with Gasteiger partial charge >= 0.3 is 12.0 Å². The Labute approximate surface area is 120 Å². The highest BCUT2D eigenvalue weighted by Crippen LogP contribution is 2.38. The summed E-state index contributed by atoms with van der Waals surface area (Å²) < 4.78 is 0. The van der Waals surface area contributed by atoms with Gasteiger partial charge in [0.1, 0.15) is 0 Å². The molecule has 2 amide bonds. The van der Waals surface area contributed by atoms with Crippen LogP contribution in [0.3, 0.4) is 0 Å². The van der Waals surface area contributed by atoms with Gasteiger partial charge in [-0.05, 0) is 37.0 Å². The highest BCUT2D eigenvalue weighted by Gasteiger charge is 2.35. The largest absolute Gasteiger partial charge is 0.481 e. The first-order valence-electron chi connectivity index (χ1n) is 7.57. The number of hydrogen-bond donors (Lipinski definition) is 2. The predicted octanol–water partition coefficient (Wildman–Crippen LogP) is 2.32. The molecule has 3 unspecified atom stereocenters. The van der Waals surface area contributed by atoms with E-state index in [1.165, 1.54) is 0 Å². The minimum atomic E-state index is -0.798. The normalized spacial score (nSPS) is 33.0. The summed E-state index contributed by atoms with van der Waals surface area (Å²) in [6, 6.07) is 0.129. The number of carboxylic acid groups (broad SMARTS) is 1. The first-order valence-corrected chi connectivity index (χ1v) is 7.57. The van der Waals surface area contributed by atoms with Crippen molar-refractivity contribution in [2.24, 2.45) is 17.3 Å². The number of rotatable bonds is 2. The molecule has 20 heavy (non-hydrogen) atoms. The summed E-state index contributed by atoms with van der Waals surface area (Å²) in [6.45, 7) is 7.64. The average Bonchev–Trinajstić information content (AvgIpc) is 2.81. The lowest BCUT2D eigenvalue weighted by Crippen LogP contribution is -2.49. The van der Waals surface area contributed by atoms with Crippen LogP contribution in [-0.4, -0.2) is 41.1 Å². The van der Waals surface area contributed by atoms with Crippen LogP contribution in [0, 0.1) is 17.3 Å². The average molecular weight is 282 g/mol. The van der Waals surface area contributed by atoms with E-state index in [0.717, 1.165) is 19.3 Å². The lowest BCUT2D eigenvalue weighted by Gasteiger charge is -2.40. The Balaban J connectivity index is 1.85. The molecule has 1 heterocycles. The third kappa shape index (κ3) is 3.44. The van der Waals surface area contributed by atoms with Crippen molar-refractivity contribution in [1.82, 2.24) is 10.2 Å². The number of carboxylic acids is 1. The molecule has 0 radical (unpaired) electrons. The summed E-state index contributed by atoms with van der Waals surface area (Å²) in [6.07, 6.45) is 3.82. The second-order valence-electron chi connectivity index (χ2n) is 7.21. The van der Waals surface area contributed by atoms with Crippen LogP contribution in [0.1, 0.15) is 46.5 Å². The fourth-order valence-electron chi connectivity index (χ4n) is 3.56. The predicted molar refractivity (Wildman–Crippen MR) is 76.4 cm³/mol. The Hall–Kier alpha value is -1.26. The van der Waals surface area contributed by atoms with Crippen molar-refractivity contribution in [3.05, 3.63) is 0 Å². The number of amides is 2. The van der Waals surface area contributed by atoms with Crippen LogP contribution < -0.4 is 5.32 Å². The minimum Gasteiger partial charge on any atom is -0.481 e. The number of likely N-dealkylation sites (tertiary alicyclic amines) is 1. The van der Waals surface area contributed by atoms with E-state index in [4.69, 9.17) is 5.11 Å². The highest BCUT2D eigenvalue weighted by molar-refractivity contribution is 5.77. The number of nitrogens with one attached hydrogen (secondary N) is 1. The maximum atomic E-state index is 12.2.